The molecule has 1 aromatic heterocycles. The topological polar surface area (TPSA) is 51.8 Å². The number of aromatic nitrogens is 1. The third kappa shape index (κ3) is 3.34. The van der Waals surface area contributed by atoms with Gasteiger partial charge in [-0.1, -0.05) is 6.07 Å². The summed E-state index contributed by atoms with van der Waals surface area (Å²) in [5.41, 5.74) is 2.66. The normalized spacial score (nSPS) is 12.2. The summed E-state index contributed by atoms with van der Waals surface area (Å²) in [6, 6.07) is 14.4. The molecule has 7 heteroatoms. The van der Waals surface area contributed by atoms with Gasteiger partial charge < -0.3 is 36.3 Å². The summed E-state index contributed by atoms with van der Waals surface area (Å²) in [4.78, 5) is 0. The number of methoxy groups -OCH3 is 1. The van der Waals surface area contributed by atoms with Crippen LogP contribution in [0.25, 0.3) is 32.8 Å². The van der Waals surface area contributed by atoms with Gasteiger partial charge in [0.05, 0.1) is 17.9 Å². The van der Waals surface area contributed by atoms with E-state index in [1.165, 1.54) is 12.1 Å². The van der Waals surface area contributed by atoms with Gasteiger partial charge in [-0.15, -0.1) is 0 Å². The molecule has 0 fully saturated rings. The molecule has 5 rings (SSSR count). The van der Waals surface area contributed by atoms with Crippen LogP contribution in [0.1, 0.15) is 0 Å². The molecule has 0 aliphatic carbocycles. The Morgan fingerprint density at radius 3 is 2.67 bits per heavy atom. The zero-order chi connectivity index (χ0) is 20.0. The van der Waals surface area contributed by atoms with E-state index in [4.69, 9.17) is 14.2 Å². The van der Waals surface area contributed by atoms with Gasteiger partial charge >= 0.3 is 0 Å². The first-order valence-corrected chi connectivity index (χ1v) is 9.32. The number of hydrogen-bond acceptors (Lipinski definition) is 4. The summed E-state index contributed by atoms with van der Waals surface area (Å²) in [5, 5.41) is 12.0. The van der Waals surface area contributed by atoms with Crippen LogP contribution in [0.15, 0.2) is 54.7 Å². The van der Waals surface area contributed by atoms with E-state index >= 15 is 0 Å². The van der Waals surface area contributed by atoms with Crippen molar-refractivity contribution in [3.8, 4) is 28.4 Å². The summed E-state index contributed by atoms with van der Waals surface area (Å²) in [5.74, 6) is 1.80. The fourth-order valence-corrected chi connectivity index (χ4v) is 3.90. The predicted octanol–water partition coefficient (Wildman–Crippen LogP) is 0.820. The number of aliphatic hydroxyl groups is 1. The fourth-order valence-electron chi connectivity index (χ4n) is 3.90. The smallest absolute Gasteiger partial charge is 0.231 e. The molecule has 1 aliphatic rings. The average Bonchev–Trinajstić information content (AvgIpc) is 3.21. The number of benzene rings is 3. The van der Waals surface area contributed by atoms with E-state index in [1.54, 1.807) is 13.2 Å². The second-order valence-corrected chi connectivity index (χ2v) is 6.92. The minimum absolute atomic E-state index is 0. The van der Waals surface area contributed by atoms with E-state index in [2.05, 4.69) is 0 Å². The molecule has 0 saturated heterocycles. The van der Waals surface area contributed by atoms with Gasteiger partial charge in [0.2, 0.25) is 12.3 Å². The quantitative estimate of drug-likeness (QED) is 0.353. The van der Waals surface area contributed by atoms with Crippen LogP contribution in [0.4, 0.5) is 4.39 Å². The Kier molecular flexibility index (Phi) is 5.49. The number of pyridine rings is 1. The van der Waals surface area contributed by atoms with Gasteiger partial charge in [0.25, 0.3) is 0 Å². The predicted molar refractivity (Wildman–Crippen MR) is 107 cm³/mol. The first kappa shape index (κ1) is 20.4. The number of fused-ring (bicyclic) bond motifs is 4. The van der Waals surface area contributed by atoms with Crippen molar-refractivity contribution in [1.82, 2.24) is 0 Å². The molecular formula is C23H19BrFNO4. The summed E-state index contributed by atoms with van der Waals surface area (Å²) in [7, 11) is 1.63. The Hall–Kier alpha value is -2.90. The molecule has 0 unspecified atom stereocenters. The van der Waals surface area contributed by atoms with E-state index < -0.39 is 0 Å². The Balaban J connectivity index is 0.00000218. The molecule has 0 atom stereocenters. The number of ether oxygens (including phenoxy) is 3. The molecule has 3 aromatic carbocycles. The highest BCUT2D eigenvalue weighted by Gasteiger charge is 2.19. The van der Waals surface area contributed by atoms with E-state index in [1.807, 2.05) is 41.1 Å². The Bertz CT molecular complexity index is 1260. The van der Waals surface area contributed by atoms with Crippen molar-refractivity contribution in [2.24, 2.45) is 0 Å². The molecule has 30 heavy (non-hydrogen) atoms. The number of hydrogen-bond donors (Lipinski definition) is 1. The molecule has 0 radical (unpaired) electrons. The van der Waals surface area contributed by atoms with Crippen molar-refractivity contribution < 1.29 is 45.3 Å². The minimum atomic E-state index is -0.305. The Labute approximate surface area is 183 Å². The lowest BCUT2D eigenvalue weighted by atomic mass is 9.98. The van der Waals surface area contributed by atoms with Crippen LogP contribution in [0.3, 0.4) is 0 Å². The lowest BCUT2D eigenvalue weighted by Gasteiger charge is -2.13. The van der Waals surface area contributed by atoms with E-state index in [-0.39, 0.29) is 36.2 Å². The average molecular weight is 472 g/mol. The second-order valence-electron chi connectivity index (χ2n) is 6.92. The van der Waals surface area contributed by atoms with Crippen molar-refractivity contribution in [3.05, 3.63) is 60.5 Å². The van der Waals surface area contributed by atoms with Crippen molar-refractivity contribution in [3.63, 3.8) is 0 Å². The first-order chi connectivity index (χ1) is 14.2. The van der Waals surface area contributed by atoms with E-state index in [0.717, 1.165) is 32.8 Å². The molecule has 154 valence electrons. The van der Waals surface area contributed by atoms with Gasteiger partial charge in [-0.05, 0) is 42.0 Å². The van der Waals surface area contributed by atoms with Crippen LogP contribution in [-0.4, -0.2) is 25.6 Å². The van der Waals surface area contributed by atoms with Crippen LogP contribution in [0.5, 0.6) is 17.2 Å². The van der Waals surface area contributed by atoms with Gasteiger partial charge in [0.1, 0.15) is 18.2 Å². The molecule has 1 N–H and O–H groups in total. The SMILES string of the molecule is COc1cc2c[n+](CCO)c3ccc(F)cc3c2cc1-c1ccc2c(c1)OCO2.[Br-]. The van der Waals surface area contributed by atoms with Crippen molar-refractivity contribution in [2.45, 2.75) is 6.54 Å². The minimum Gasteiger partial charge on any atom is -1.00 e. The standard InChI is InChI=1S/C23H19FNO4.BrH/c1-27-22-9-15-12-25(6-7-26)20-4-3-16(24)10-19(20)17(15)11-18(22)14-2-5-21-23(8-14)29-13-28-21;/h2-5,8-12,26H,6-7,13H2,1H3;1H/q+1;/p-1. The maximum absolute atomic E-state index is 14.1. The van der Waals surface area contributed by atoms with E-state index in [0.29, 0.717) is 23.8 Å². The Morgan fingerprint density at radius 2 is 1.87 bits per heavy atom. The zero-order valence-electron chi connectivity index (χ0n) is 16.2. The highest BCUT2D eigenvalue weighted by atomic mass is 79.9. The molecule has 0 amide bonds. The van der Waals surface area contributed by atoms with Crippen LogP contribution >= 0.6 is 0 Å². The van der Waals surface area contributed by atoms with Crippen LogP contribution in [0, 0.1) is 5.82 Å². The summed E-state index contributed by atoms with van der Waals surface area (Å²) >= 11 is 0. The molecular weight excluding hydrogens is 453 g/mol. The lowest BCUT2D eigenvalue weighted by molar-refractivity contribution is -0.671. The molecule has 0 spiro atoms. The highest BCUT2D eigenvalue weighted by Crippen LogP contribution is 2.41. The van der Waals surface area contributed by atoms with Gasteiger partial charge in [-0.2, -0.15) is 4.57 Å². The fraction of sp³-hybridized carbons (Fsp3) is 0.174. The first-order valence-electron chi connectivity index (χ1n) is 9.32. The van der Waals surface area contributed by atoms with Gasteiger partial charge in [-0.25, -0.2) is 4.39 Å². The molecule has 0 bridgehead atoms. The molecule has 5 nitrogen and oxygen atoms in total. The third-order valence-corrected chi connectivity index (χ3v) is 5.25. The van der Waals surface area contributed by atoms with Gasteiger partial charge in [0, 0.05) is 17.0 Å². The number of halogens is 2. The van der Waals surface area contributed by atoms with Gasteiger partial charge in [0.15, 0.2) is 24.2 Å². The maximum Gasteiger partial charge on any atom is 0.231 e. The summed E-state index contributed by atoms with van der Waals surface area (Å²) < 4.78 is 32.6. The lowest BCUT2D eigenvalue weighted by Crippen LogP contribution is -3.00. The molecule has 0 saturated carbocycles. The van der Waals surface area contributed by atoms with E-state index in [9.17, 15) is 9.50 Å². The maximum atomic E-state index is 14.1. The zero-order valence-corrected chi connectivity index (χ0v) is 17.8. The second kappa shape index (κ2) is 8.08. The highest BCUT2D eigenvalue weighted by molar-refractivity contribution is 6.06. The monoisotopic (exact) mass is 471 g/mol. The summed E-state index contributed by atoms with van der Waals surface area (Å²) in [6.07, 6.45) is 1.96. The van der Waals surface area contributed by atoms with Crippen LogP contribution < -0.4 is 35.8 Å². The van der Waals surface area contributed by atoms with Crippen molar-refractivity contribution in [1.29, 1.82) is 0 Å². The Morgan fingerprint density at radius 1 is 1.03 bits per heavy atom. The largest absolute Gasteiger partial charge is 1.00 e. The molecule has 4 aromatic rings. The molecule has 1 aliphatic heterocycles. The van der Waals surface area contributed by atoms with Crippen molar-refractivity contribution in [2.75, 3.05) is 20.5 Å². The molecule has 2 heterocycles. The summed E-state index contributed by atoms with van der Waals surface area (Å²) in [6.45, 7) is 0.627. The van der Waals surface area contributed by atoms with Crippen LogP contribution in [0.2, 0.25) is 0 Å². The number of rotatable bonds is 4. The number of nitrogens with zero attached hydrogens (tertiary/aromatic N) is 1. The van der Waals surface area contributed by atoms with Crippen molar-refractivity contribution >= 4 is 21.7 Å². The van der Waals surface area contributed by atoms with Crippen LogP contribution in [-0.2, 0) is 6.54 Å². The number of aliphatic hydroxyl groups excluding tert-OH is 1. The van der Waals surface area contributed by atoms with Gasteiger partial charge in [-0.3, -0.25) is 0 Å². The third-order valence-electron chi connectivity index (χ3n) is 5.25.